The minimum atomic E-state index is -3.75. The minimum absolute atomic E-state index is 0.0163. The lowest BCUT2D eigenvalue weighted by molar-refractivity contribution is 0.0970. The molecule has 2 N–H and O–H groups in total. The Bertz CT molecular complexity index is 808. The van der Waals surface area contributed by atoms with Crippen molar-refractivity contribution in [1.82, 2.24) is 4.72 Å². The average molecular weight is 422 g/mol. The molecule has 0 saturated carbocycles. The summed E-state index contributed by atoms with van der Waals surface area (Å²) in [5, 5.41) is 7.72. The second-order valence-electron chi connectivity index (χ2n) is 6.17. The predicted octanol–water partition coefficient (Wildman–Crippen LogP) is 1.72. The smallest absolute Gasteiger partial charge is 0.215 e. The molecule has 2 rings (SSSR count). The van der Waals surface area contributed by atoms with Gasteiger partial charge < -0.3 is 9.84 Å². The van der Waals surface area contributed by atoms with Crippen LogP contribution in [0, 0.1) is 5.82 Å². The van der Waals surface area contributed by atoms with Gasteiger partial charge in [-0.25, -0.2) is 17.5 Å². The number of ether oxygens (including phenoxy) is 1. The second-order valence-corrected chi connectivity index (χ2v) is 8.62. The largest absolute Gasteiger partial charge is 0.396 e. The molecule has 0 aromatic heterocycles. The summed E-state index contributed by atoms with van der Waals surface area (Å²) >= 11 is 5.77. The number of aliphatic hydroxyl groups is 1. The van der Waals surface area contributed by atoms with Crippen LogP contribution in [-0.4, -0.2) is 56.7 Å². The van der Waals surface area contributed by atoms with Gasteiger partial charge in [0.05, 0.1) is 22.4 Å². The molecule has 1 aliphatic rings. The van der Waals surface area contributed by atoms with Crippen molar-refractivity contribution in [1.29, 1.82) is 0 Å². The Morgan fingerprint density at radius 1 is 1.26 bits per heavy atom. The third-order valence-electron chi connectivity index (χ3n) is 4.25. The summed E-state index contributed by atoms with van der Waals surface area (Å²) in [5.41, 5.74) is -0.421. The summed E-state index contributed by atoms with van der Waals surface area (Å²) in [6.07, 6.45) is 0.877. The first-order valence-electron chi connectivity index (χ1n) is 8.48. The maximum absolute atomic E-state index is 14.2. The number of Topliss-reactive ketones (excluding diaryl/α,β-unsaturated/α-hetero) is 2. The van der Waals surface area contributed by atoms with Crippen molar-refractivity contribution in [3.05, 3.63) is 34.1 Å². The number of carbonyl (C=O) groups is 2. The maximum atomic E-state index is 14.2. The van der Waals surface area contributed by atoms with Crippen LogP contribution in [0.5, 0.6) is 0 Å². The molecule has 1 aromatic rings. The molecule has 1 aliphatic heterocycles. The zero-order valence-electron chi connectivity index (χ0n) is 14.5. The summed E-state index contributed by atoms with van der Waals surface area (Å²) < 4.78 is 46.0. The van der Waals surface area contributed by atoms with E-state index in [1.54, 1.807) is 0 Å². The monoisotopic (exact) mass is 421 g/mol. The zero-order valence-corrected chi connectivity index (χ0v) is 16.1. The van der Waals surface area contributed by atoms with Crippen molar-refractivity contribution < 1.29 is 32.2 Å². The van der Waals surface area contributed by atoms with Crippen LogP contribution >= 0.6 is 11.6 Å². The van der Waals surface area contributed by atoms with Gasteiger partial charge in [0.2, 0.25) is 10.0 Å². The van der Waals surface area contributed by atoms with Crippen molar-refractivity contribution in [3.63, 3.8) is 0 Å². The molecule has 0 atom stereocenters. The first kappa shape index (κ1) is 21.9. The van der Waals surface area contributed by atoms with E-state index in [2.05, 4.69) is 4.72 Å². The fourth-order valence-electron chi connectivity index (χ4n) is 2.70. The molecule has 1 aromatic carbocycles. The maximum Gasteiger partial charge on any atom is 0.215 e. The Morgan fingerprint density at radius 2 is 1.93 bits per heavy atom. The van der Waals surface area contributed by atoms with E-state index in [9.17, 15) is 22.4 Å². The van der Waals surface area contributed by atoms with Crippen LogP contribution < -0.4 is 4.72 Å². The summed E-state index contributed by atoms with van der Waals surface area (Å²) in [4.78, 5) is 24.4. The van der Waals surface area contributed by atoms with E-state index in [1.165, 1.54) is 0 Å². The molecule has 10 heteroatoms. The number of rotatable bonds is 9. The van der Waals surface area contributed by atoms with Gasteiger partial charge in [0.15, 0.2) is 17.4 Å². The van der Waals surface area contributed by atoms with Gasteiger partial charge >= 0.3 is 0 Å². The van der Waals surface area contributed by atoms with Gasteiger partial charge in [-0.05, 0) is 31.4 Å². The van der Waals surface area contributed by atoms with Crippen LogP contribution in [0.4, 0.5) is 4.39 Å². The normalized spacial score (nSPS) is 15.7. The summed E-state index contributed by atoms with van der Waals surface area (Å²) in [5.74, 6) is -2.24. The number of halogens is 2. The summed E-state index contributed by atoms with van der Waals surface area (Å²) in [7, 11) is -3.75. The van der Waals surface area contributed by atoms with Gasteiger partial charge in [-0.3, -0.25) is 9.59 Å². The van der Waals surface area contributed by atoms with Crippen LogP contribution in [0.15, 0.2) is 12.1 Å². The lowest BCUT2D eigenvalue weighted by atomic mass is 10.0. The first-order chi connectivity index (χ1) is 12.8. The van der Waals surface area contributed by atoms with Crippen molar-refractivity contribution in [3.8, 4) is 0 Å². The van der Waals surface area contributed by atoms with Gasteiger partial charge in [-0.2, -0.15) is 0 Å². The van der Waals surface area contributed by atoms with Crippen molar-refractivity contribution in [2.24, 2.45) is 0 Å². The molecular formula is C17H21ClFNO6S. The van der Waals surface area contributed by atoms with Crippen molar-refractivity contribution in [2.45, 2.75) is 30.9 Å². The highest BCUT2D eigenvalue weighted by molar-refractivity contribution is 7.90. The van der Waals surface area contributed by atoms with Crippen LogP contribution in [0.25, 0.3) is 0 Å². The second kappa shape index (κ2) is 9.70. The Labute approximate surface area is 161 Å². The SMILES string of the molecule is O=C(CCCO)c1cc(Cl)c(F)c(C(=O)CNS(=O)(=O)C2CCOCC2)c1. The number of benzene rings is 1. The van der Waals surface area contributed by atoms with Gasteiger partial charge in [0.25, 0.3) is 0 Å². The number of hydrogen-bond donors (Lipinski definition) is 2. The molecule has 0 radical (unpaired) electrons. The lowest BCUT2D eigenvalue weighted by Gasteiger charge is -2.22. The third-order valence-corrected chi connectivity index (χ3v) is 6.42. The Balaban J connectivity index is 2.13. The number of sulfonamides is 1. The Morgan fingerprint density at radius 3 is 2.56 bits per heavy atom. The molecule has 0 bridgehead atoms. The number of carbonyl (C=O) groups excluding carboxylic acids is 2. The highest BCUT2D eigenvalue weighted by Gasteiger charge is 2.28. The van der Waals surface area contributed by atoms with Crippen LogP contribution in [0.1, 0.15) is 46.4 Å². The molecule has 27 heavy (non-hydrogen) atoms. The predicted molar refractivity (Wildman–Crippen MR) is 97.2 cm³/mol. The molecule has 1 saturated heterocycles. The van der Waals surface area contributed by atoms with E-state index >= 15 is 0 Å². The highest BCUT2D eigenvalue weighted by atomic mass is 35.5. The first-order valence-corrected chi connectivity index (χ1v) is 10.4. The number of nitrogens with one attached hydrogen (secondary N) is 1. The Kier molecular flexibility index (Phi) is 7.87. The Hall–Kier alpha value is -1.39. The number of ketones is 2. The quantitative estimate of drug-likeness (QED) is 0.587. The van der Waals surface area contributed by atoms with Crippen molar-refractivity contribution >= 4 is 33.2 Å². The molecule has 7 nitrogen and oxygen atoms in total. The molecule has 1 fully saturated rings. The van der Waals surface area contributed by atoms with Gasteiger partial charge in [-0.1, -0.05) is 11.6 Å². The standard InChI is InChI=1S/C17H21ClFNO6S/c18-14-9-11(15(22)2-1-5-21)8-13(17(14)19)16(23)10-20-27(24,25)12-3-6-26-7-4-12/h8-9,12,20-21H,1-7,10H2. The molecule has 0 unspecified atom stereocenters. The number of aliphatic hydroxyl groups excluding tert-OH is 1. The van der Waals surface area contributed by atoms with E-state index in [1.807, 2.05) is 0 Å². The molecular weight excluding hydrogens is 401 g/mol. The van der Waals surface area contributed by atoms with Crippen LogP contribution in [0.2, 0.25) is 5.02 Å². The topological polar surface area (TPSA) is 110 Å². The molecule has 0 spiro atoms. The molecule has 150 valence electrons. The summed E-state index contributed by atoms with van der Waals surface area (Å²) in [6.45, 7) is -0.175. The van der Waals surface area contributed by atoms with Gasteiger partial charge in [0, 0.05) is 31.8 Å². The van der Waals surface area contributed by atoms with Gasteiger partial charge in [-0.15, -0.1) is 0 Å². The van der Waals surface area contributed by atoms with E-state index in [-0.39, 0.29) is 25.0 Å². The third kappa shape index (κ3) is 5.79. The lowest BCUT2D eigenvalue weighted by Crippen LogP contribution is -2.40. The van der Waals surface area contributed by atoms with E-state index in [4.69, 9.17) is 21.4 Å². The molecule has 0 aliphatic carbocycles. The van der Waals surface area contributed by atoms with E-state index < -0.39 is 49.8 Å². The van der Waals surface area contributed by atoms with Crippen molar-refractivity contribution in [2.75, 3.05) is 26.4 Å². The molecule has 1 heterocycles. The minimum Gasteiger partial charge on any atom is -0.396 e. The fourth-order valence-corrected chi connectivity index (χ4v) is 4.30. The van der Waals surface area contributed by atoms with Gasteiger partial charge in [0.1, 0.15) is 0 Å². The van der Waals surface area contributed by atoms with Crippen LogP contribution in [0.3, 0.4) is 0 Å². The van der Waals surface area contributed by atoms with E-state index in [0.717, 1.165) is 12.1 Å². The average Bonchev–Trinajstić information content (AvgIpc) is 2.67. The van der Waals surface area contributed by atoms with Crippen LogP contribution in [-0.2, 0) is 14.8 Å². The highest BCUT2D eigenvalue weighted by Crippen LogP contribution is 2.23. The molecule has 0 amide bonds. The zero-order chi connectivity index (χ0) is 20.0. The summed E-state index contributed by atoms with van der Waals surface area (Å²) in [6, 6.07) is 2.17. The number of hydrogen-bond acceptors (Lipinski definition) is 6. The van der Waals surface area contributed by atoms with E-state index in [0.29, 0.717) is 26.1 Å². The fraction of sp³-hybridized carbons (Fsp3) is 0.529.